The van der Waals surface area contributed by atoms with E-state index in [9.17, 15) is 8.42 Å². The number of aryl methyl sites for hydroxylation is 1. The second-order valence-corrected chi connectivity index (χ2v) is 8.33. The zero-order valence-corrected chi connectivity index (χ0v) is 14.6. The number of sulfone groups is 1. The first-order valence-corrected chi connectivity index (χ1v) is 9.88. The lowest BCUT2D eigenvalue weighted by molar-refractivity contribution is 0.341. The largest absolute Gasteiger partial charge is 0.493 e. The fourth-order valence-corrected chi connectivity index (χ4v) is 2.94. The van der Waals surface area contributed by atoms with E-state index >= 15 is 0 Å². The van der Waals surface area contributed by atoms with E-state index in [1.807, 2.05) is 18.2 Å². The maximum Gasteiger partial charge on any atom is 0.150 e. The lowest BCUT2D eigenvalue weighted by Gasteiger charge is -2.08. The van der Waals surface area contributed by atoms with Crippen LogP contribution in [0.25, 0.3) is 21.9 Å². The third-order valence-electron chi connectivity index (χ3n) is 3.92. The highest BCUT2D eigenvalue weighted by Crippen LogP contribution is 2.27. The van der Waals surface area contributed by atoms with E-state index in [0.29, 0.717) is 5.75 Å². The SMILES string of the molecule is Cc1ccc(-c2ccc3cc(OCCS(C)(=O)=O)ccc3c2)cc1. The summed E-state index contributed by atoms with van der Waals surface area (Å²) in [6, 6.07) is 20.6. The lowest BCUT2D eigenvalue weighted by Crippen LogP contribution is -2.11. The Kier molecular flexibility index (Phi) is 4.58. The first-order chi connectivity index (χ1) is 11.4. The summed E-state index contributed by atoms with van der Waals surface area (Å²) in [5.41, 5.74) is 3.61. The summed E-state index contributed by atoms with van der Waals surface area (Å²) in [5.74, 6) is 0.714. The molecule has 3 nitrogen and oxygen atoms in total. The molecule has 0 aliphatic rings. The zero-order chi connectivity index (χ0) is 17.2. The first-order valence-electron chi connectivity index (χ1n) is 7.82. The standard InChI is InChI=1S/C20H20O3S/c1-15-3-5-16(6-4-15)17-7-8-19-14-20(10-9-18(19)13-17)23-11-12-24(2,21)22/h3-10,13-14H,11-12H2,1-2H3. The van der Waals surface area contributed by atoms with Crippen molar-refractivity contribution in [2.24, 2.45) is 0 Å². The quantitative estimate of drug-likeness (QED) is 0.698. The van der Waals surface area contributed by atoms with Crippen molar-refractivity contribution in [3.05, 3.63) is 66.2 Å². The number of hydrogen-bond acceptors (Lipinski definition) is 3. The molecule has 0 atom stereocenters. The molecule has 0 aliphatic heterocycles. The van der Waals surface area contributed by atoms with Gasteiger partial charge in [-0.1, -0.05) is 48.0 Å². The van der Waals surface area contributed by atoms with Crippen LogP contribution in [0, 0.1) is 6.92 Å². The van der Waals surface area contributed by atoms with Gasteiger partial charge in [-0.2, -0.15) is 0 Å². The second-order valence-electron chi connectivity index (χ2n) is 6.07. The summed E-state index contributed by atoms with van der Waals surface area (Å²) in [6.45, 7) is 2.25. The average Bonchev–Trinajstić information content (AvgIpc) is 2.54. The molecule has 3 aromatic rings. The monoisotopic (exact) mass is 340 g/mol. The Morgan fingerprint density at radius 3 is 2.17 bits per heavy atom. The van der Waals surface area contributed by atoms with Gasteiger partial charge in [-0.25, -0.2) is 8.42 Å². The van der Waals surface area contributed by atoms with E-state index in [0.717, 1.165) is 10.8 Å². The van der Waals surface area contributed by atoms with Crippen LogP contribution in [0.2, 0.25) is 0 Å². The maximum atomic E-state index is 11.1. The van der Waals surface area contributed by atoms with E-state index in [4.69, 9.17) is 4.74 Å². The predicted molar refractivity (Wildman–Crippen MR) is 99.3 cm³/mol. The summed E-state index contributed by atoms with van der Waals surface area (Å²) in [5, 5.41) is 2.20. The summed E-state index contributed by atoms with van der Waals surface area (Å²) < 4.78 is 27.8. The lowest BCUT2D eigenvalue weighted by atomic mass is 10.0. The molecular formula is C20H20O3S. The molecule has 0 bridgehead atoms. The van der Waals surface area contributed by atoms with Crippen LogP contribution in [0.3, 0.4) is 0 Å². The van der Waals surface area contributed by atoms with Crippen molar-refractivity contribution in [2.75, 3.05) is 18.6 Å². The van der Waals surface area contributed by atoms with E-state index in [2.05, 4.69) is 49.4 Å². The molecule has 0 spiro atoms. The van der Waals surface area contributed by atoms with Crippen molar-refractivity contribution in [1.82, 2.24) is 0 Å². The molecule has 0 aromatic heterocycles. The molecule has 0 aliphatic carbocycles. The number of rotatable bonds is 5. The summed E-state index contributed by atoms with van der Waals surface area (Å²) in [6.07, 6.45) is 1.21. The summed E-state index contributed by atoms with van der Waals surface area (Å²) in [4.78, 5) is 0. The van der Waals surface area contributed by atoms with Crippen LogP contribution in [0.4, 0.5) is 0 Å². The number of fused-ring (bicyclic) bond motifs is 1. The molecule has 0 saturated carbocycles. The van der Waals surface area contributed by atoms with Crippen LogP contribution < -0.4 is 4.74 Å². The van der Waals surface area contributed by atoms with Crippen molar-refractivity contribution in [3.63, 3.8) is 0 Å². The number of benzene rings is 3. The smallest absolute Gasteiger partial charge is 0.150 e. The van der Waals surface area contributed by atoms with E-state index in [1.54, 1.807) is 0 Å². The van der Waals surface area contributed by atoms with Crippen LogP contribution in [0.5, 0.6) is 5.75 Å². The van der Waals surface area contributed by atoms with Gasteiger partial charge in [-0.05, 0) is 47.0 Å². The Hall–Kier alpha value is -2.33. The van der Waals surface area contributed by atoms with Gasteiger partial charge in [0.1, 0.15) is 12.4 Å². The normalized spacial score (nSPS) is 11.6. The molecule has 0 fully saturated rings. The molecule has 0 radical (unpaired) electrons. The fraction of sp³-hybridized carbons (Fsp3) is 0.200. The fourth-order valence-electron chi connectivity index (χ4n) is 2.55. The topological polar surface area (TPSA) is 43.4 Å². The number of ether oxygens (including phenoxy) is 1. The van der Waals surface area contributed by atoms with Crippen LogP contribution >= 0.6 is 0 Å². The molecule has 124 valence electrons. The van der Waals surface area contributed by atoms with Gasteiger partial charge in [0.15, 0.2) is 9.84 Å². The Bertz CT molecular complexity index is 958. The van der Waals surface area contributed by atoms with Gasteiger partial charge < -0.3 is 4.74 Å². The minimum absolute atomic E-state index is 0.0252. The maximum absolute atomic E-state index is 11.1. The number of hydrogen-bond donors (Lipinski definition) is 0. The van der Waals surface area contributed by atoms with Crippen molar-refractivity contribution in [2.45, 2.75) is 6.92 Å². The Balaban J connectivity index is 1.82. The van der Waals surface area contributed by atoms with Crippen molar-refractivity contribution in [1.29, 1.82) is 0 Å². The van der Waals surface area contributed by atoms with Gasteiger partial charge in [0.25, 0.3) is 0 Å². The molecule has 0 amide bonds. The second kappa shape index (κ2) is 6.65. The molecule has 0 heterocycles. The third-order valence-corrected chi connectivity index (χ3v) is 4.83. The van der Waals surface area contributed by atoms with Gasteiger partial charge >= 0.3 is 0 Å². The summed E-state index contributed by atoms with van der Waals surface area (Å²) >= 11 is 0. The minimum atomic E-state index is -3.00. The van der Waals surface area contributed by atoms with Crippen LogP contribution in [-0.2, 0) is 9.84 Å². The van der Waals surface area contributed by atoms with E-state index in [1.165, 1.54) is 22.9 Å². The van der Waals surface area contributed by atoms with Gasteiger partial charge in [0, 0.05) is 6.26 Å². The predicted octanol–water partition coefficient (Wildman–Crippen LogP) is 4.24. The highest BCUT2D eigenvalue weighted by Gasteiger charge is 2.04. The Labute approximate surface area is 142 Å². The Morgan fingerprint density at radius 2 is 1.46 bits per heavy atom. The molecule has 0 N–H and O–H groups in total. The summed E-state index contributed by atoms with van der Waals surface area (Å²) in [7, 11) is -3.00. The molecule has 0 saturated heterocycles. The van der Waals surface area contributed by atoms with E-state index < -0.39 is 9.84 Å². The van der Waals surface area contributed by atoms with Crippen molar-refractivity contribution >= 4 is 20.6 Å². The molecule has 3 rings (SSSR count). The zero-order valence-electron chi connectivity index (χ0n) is 13.8. The van der Waals surface area contributed by atoms with Crippen LogP contribution in [0.15, 0.2) is 60.7 Å². The van der Waals surface area contributed by atoms with Crippen molar-refractivity contribution in [3.8, 4) is 16.9 Å². The Morgan fingerprint density at radius 1 is 0.833 bits per heavy atom. The van der Waals surface area contributed by atoms with Crippen LogP contribution in [0.1, 0.15) is 5.56 Å². The van der Waals surface area contributed by atoms with Gasteiger partial charge in [0.2, 0.25) is 0 Å². The highest BCUT2D eigenvalue weighted by atomic mass is 32.2. The average molecular weight is 340 g/mol. The van der Waals surface area contributed by atoms with Crippen molar-refractivity contribution < 1.29 is 13.2 Å². The van der Waals surface area contributed by atoms with Crippen LogP contribution in [-0.4, -0.2) is 27.0 Å². The van der Waals surface area contributed by atoms with Gasteiger partial charge in [-0.15, -0.1) is 0 Å². The molecule has 3 aromatic carbocycles. The third kappa shape index (κ3) is 4.15. The van der Waals surface area contributed by atoms with E-state index in [-0.39, 0.29) is 12.4 Å². The molecule has 0 unspecified atom stereocenters. The minimum Gasteiger partial charge on any atom is -0.493 e. The first kappa shape index (κ1) is 16.5. The molecule has 24 heavy (non-hydrogen) atoms. The highest BCUT2D eigenvalue weighted by molar-refractivity contribution is 7.90. The molecular weight excluding hydrogens is 320 g/mol. The van der Waals surface area contributed by atoms with Gasteiger partial charge in [0.05, 0.1) is 5.75 Å². The van der Waals surface area contributed by atoms with Gasteiger partial charge in [-0.3, -0.25) is 0 Å². The molecule has 4 heteroatoms.